The Kier molecular flexibility index (Phi) is 25.6. The van der Waals surface area contributed by atoms with Crippen LogP contribution in [0.2, 0.25) is 0 Å². The first-order valence-corrected chi connectivity index (χ1v) is 28.3. The summed E-state index contributed by atoms with van der Waals surface area (Å²) in [7, 11) is 1.92. The summed E-state index contributed by atoms with van der Waals surface area (Å²) in [5.41, 5.74) is 25.5. The molecule has 0 radical (unpaired) electrons. The predicted octanol–water partition coefficient (Wildman–Crippen LogP) is -1.27. The van der Waals surface area contributed by atoms with E-state index in [1.807, 2.05) is 6.07 Å². The van der Waals surface area contributed by atoms with Gasteiger partial charge in [-0.1, -0.05) is 82.3 Å². The lowest BCUT2D eigenvalue weighted by Crippen LogP contribution is -2.65. The molecule has 2 heterocycles. The van der Waals surface area contributed by atoms with E-state index in [4.69, 9.17) is 32.8 Å². The number of para-hydroxylation sites is 1. The van der Waals surface area contributed by atoms with Crippen LogP contribution in [0.3, 0.4) is 0 Å². The second kappa shape index (κ2) is 31.5. The third kappa shape index (κ3) is 21.2. The van der Waals surface area contributed by atoms with Crippen LogP contribution in [0.5, 0.6) is 5.75 Å². The molecule has 458 valence electrons. The number of hydrogen-bond acceptors (Lipinski definition) is 16. The summed E-state index contributed by atoms with van der Waals surface area (Å²) in [5.74, 6) is -10.9. The first-order chi connectivity index (χ1) is 39.4. The van der Waals surface area contributed by atoms with E-state index in [1.54, 1.807) is 54.7 Å². The second-order valence-electron chi connectivity index (χ2n) is 20.0. The number of amides is 8. The highest BCUT2D eigenvalue weighted by Gasteiger charge is 2.43. The number of aliphatic carboxylic acids is 1. The van der Waals surface area contributed by atoms with Crippen molar-refractivity contribution < 1.29 is 76.7 Å². The Morgan fingerprint density at radius 1 is 0.774 bits per heavy atom. The van der Waals surface area contributed by atoms with Crippen molar-refractivity contribution in [1.29, 1.82) is 0 Å². The van der Waals surface area contributed by atoms with Crippen LogP contribution in [-0.2, 0) is 62.4 Å². The molecule has 0 spiro atoms. The topological polar surface area (TPSA) is 451 Å². The first kappa shape index (κ1) is 68.4. The lowest BCUT2D eigenvalue weighted by Gasteiger charge is -2.36. The van der Waals surface area contributed by atoms with E-state index >= 15 is 0 Å². The molecule has 0 bridgehead atoms. The minimum Gasteiger partial charge on any atom is -0.508 e. The molecule has 84 heavy (non-hydrogen) atoms. The maximum atomic E-state index is 14.9. The van der Waals surface area contributed by atoms with E-state index in [-0.39, 0.29) is 56.1 Å². The Balaban J connectivity index is 0.00000203. The van der Waals surface area contributed by atoms with Crippen LogP contribution in [0.25, 0.3) is 10.9 Å². The summed E-state index contributed by atoms with van der Waals surface area (Å²) < 4.78 is 30.3. The number of H-pyrrole nitrogens is 1. The van der Waals surface area contributed by atoms with E-state index in [1.165, 1.54) is 52.0 Å². The number of nitrogens with zero attached hydrogens (tertiary/aromatic N) is 1. The van der Waals surface area contributed by atoms with Crippen molar-refractivity contribution in [2.75, 3.05) is 12.3 Å². The predicted molar refractivity (Wildman–Crippen MR) is 306 cm³/mol. The number of nitrogens with one attached hydrogen (secondary N) is 8. The average Bonchev–Trinajstić information content (AvgIpc) is 3.02. The molecule has 8 amide bonds. The number of primary amides is 1. The molecule has 31 heteroatoms. The second-order valence-corrected chi connectivity index (χ2v) is 23.0. The van der Waals surface area contributed by atoms with Gasteiger partial charge in [0.25, 0.3) is 0 Å². The van der Waals surface area contributed by atoms with Crippen LogP contribution in [0.15, 0.2) is 90.1 Å². The van der Waals surface area contributed by atoms with Gasteiger partial charge in [-0.25, -0.2) is 4.79 Å². The summed E-state index contributed by atoms with van der Waals surface area (Å²) in [6, 6.07) is 9.79. The van der Waals surface area contributed by atoms with Crippen LogP contribution in [0.4, 0.5) is 13.2 Å². The number of aromatic nitrogens is 1. The molecule has 0 saturated carbocycles. The number of carboxylic acid groups (broad SMARTS) is 1. The number of rotatable bonds is 17. The number of aliphatic hydroxyl groups excluding tert-OH is 2. The number of fused-ring (bicyclic) bond motifs is 1. The Bertz CT molecular complexity index is 2970. The molecule has 1 fully saturated rings. The number of aromatic hydroxyl groups is 1. The molecule has 20 N–H and O–H groups in total. The normalized spacial score (nSPS) is 21.6. The van der Waals surface area contributed by atoms with E-state index in [9.17, 15) is 66.8 Å². The van der Waals surface area contributed by atoms with Gasteiger partial charge in [-0.3, -0.25) is 43.3 Å². The average molecular weight is 1220 g/mol. The number of nitrogens with two attached hydrogens (primary N) is 4. The van der Waals surface area contributed by atoms with Crippen molar-refractivity contribution >= 4 is 91.7 Å². The minimum atomic E-state index is -5.08. The molecule has 0 aliphatic carbocycles. The highest BCUT2D eigenvalue weighted by molar-refractivity contribution is 8.77. The maximum Gasteiger partial charge on any atom is 0.490 e. The Labute approximate surface area is 487 Å². The lowest BCUT2D eigenvalue weighted by atomic mass is 9.99. The molecular formula is C53H70F3N13O13S2. The summed E-state index contributed by atoms with van der Waals surface area (Å²) in [6.45, 7) is 5.45. The number of carbonyl (C=O) groups excluding carboxylic acids is 8. The molecule has 10 atom stereocenters. The molecule has 5 rings (SSSR count). The highest BCUT2D eigenvalue weighted by Crippen LogP contribution is 2.39. The first-order valence-electron chi connectivity index (χ1n) is 25.9. The van der Waals surface area contributed by atoms with Gasteiger partial charge in [-0.15, -0.1) is 0 Å². The van der Waals surface area contributed by atoms with Crippen molar-refractivity contribution in [2.24, 2.45) is 27.9 Å². The van der Waals surface area contributed by atoms with Gasteiger partial charge >= 0.3 is 12.1 Å². The highest BCUT2D eigenvalue weighted by atomic mass is 33.1. The number of guanidine groups is 1. The number of aromatic amines is 1. The lowest BCUT2D eigenvalue weighted by molar-refractivity contribution is -0.192. The molecule has 1 aromatic heterocycles. The summed E-state index contributed by atoms with van der Waals surface area (Å²) >= 11 is 0. The van der Waals surface area contributed by atoms with Gasteiger partial charge in [0.1, 0.15) is 48.0 Å². The van der Waals surface area contributed by atoms with Crippen molar-refractivity contribution in [3.63, 3.8) is 0 Å². The maximum absolute atomic E-state index is 14.9. The largest absolute Gasteiger partial charge is 0.508 e. The summed E-state index contributed by atoms with van der Waals surface area (Å²) in [5, 5.41) is 57.8. The zero-order valence-corrected chi connectivity index (χ0v) is 47.6. The number of carbonyl (C=O) groups is 9. The SMILES string of the molecule is C[C@@H](O)[C@H](NC(=O)C1NC(=O)[C@H]([C@@H](C)O)NC(=O)C(CCCN=C(N)N)NC(=O)[C@H](Cc2c[nH]c3ccccc23)NC(=O)C(Cc2ccc(O)cc2)NC(=O)C(NC(=O)[C@@H](N)Cc2ccccc2)CSSC1(C)C)C(N)=O.O=C(O)C(F)(F)F. The van der Waals surface area contributed by atoms with Crippen LogP contribution < -0.4 is 60.2 Å². The third-order valence-electron chi connectivity index (χ3n) is 12.7. The number of phenols is 1. The Hall–Kier alpha value is -8.13. The van der Waals surface area contributed by atoms with Gasteiger partial charge in [-0.2, -0.15) is 13.2 Å². The number of hydrogen-bond donors (Lipinski definition) is 16. The molecule has 1 aliphatic heterocycles. The van der Waals surface area contributed by atoms with E-state index < -0.39 is 125 Å². The number of benzene rings is 3. The van der Waals surface area contributed by atoms with Crippen LogP contribution in [0.1, 0.15) is 57.2 Å². The van der Waals surface area contributed by atoms with Crippen molar-refractivity contribution in [3.8, 4) is 5.75 Å². The van der Waals surface area contributed by atoms with Crippen LogP contribution in [-0.4, -0.2) is 168 Å². The van der Waals surface area contributed by atoms with Crippen LogP contribution in [0, 0.1) is 0 Å². The van der Waals surface area contributed by atoms with Gasteiger partial charge < -0.3 is 85.6 Å². The number of carboxylic acids is 1. The van der Waals surface area contributed by atoms with E-state index in [2.05, 4.69) is 47.2 Å². The van der Waals surface area contributed by atoms with Gasteiger partial charge in [0.15, 0.2) is 5.96 Å². The summed E-state index contributed by atoms with van der Waals surface area (Å²) in [6.07, 6.45) is -6.91. The van der Waals surface area contributed by atoms with Crippen molar-refractivity contribution in [1.82, 2.24) is 42.2 Å². The number of aliphatic hydroxyl groups is 2. The van der Waals surface area contributed by atoms with Gasteiger partial charge in [0.2, 0.25) is 47.3 Å². The Morgan fingerprint density at radius 3 is 1.93 bits per heavy atom. The molecule has 3 aromatic carbocycles. The quantitative estimate of drug-likeness (QED) is 0.0254. The smallest absolute Gasteiger partial charge is 0.490 e. The van der Waals surface area contributed by atoms with Gasteiger partial charge in [0, 0.05) is 47.0 Å². The monoisotopic (exact) mass is 1220 g/mol. The summed E-state index contributed by atoms with van der Waals surface area (Å²) in [4.78, 5) is 130. The standard InChI is InChI=1S/C51H69N13O11S2.C2HF3O2/c1-26(65)39(42(53)68)62-49(75)41-51(3,4)77-76-25-38(61-43(69)33(52)21-28-11-6-5-7-12-28)47(73)59-36(22-29-16-18-31(67)19-17-29)45(71)60-37(23-30-24-57-34-14-9-8-13-32(30)34)46(72)58-35(15-10-20-56-50(54)55)44(70)63-40(27(2)66)48(74)64-41;3-2(4,5)1(6)7/h5-9,11-14,16-19,24,26-27,33,35-41,57,65-67H,10,15,20-23,25,52H2,1-4H3,(H2,53,68)(H,58,72)(H,59,73)(H,60,71)(H,61,69)(H,62,75)(H,63,70)(H,64,74)(H4,54,55,56);(H,6,7)/t26-,27-,33+,35?,36?,37+,38?,39+,40+,41?;/m1./s1. The molecule has 1 saturated heterocycles. The van der Waals surface area contributed by atoms with Crippen LogP contribution >= 0.6 is 21.6 Å². The molecular weight excluding hydrogens is 1150 g/mol. The van der Waals surface area contributed by atoms with Gasteiger partial charge in [-0.05, 0) is 81.8 Å². The third-order valence-corrected chi connectivity index (χ3v) is 16.0. The molecule has 4 aromatic rings. The van der Waals surface area contributed by atoms with E-state index in [0.29, 0.717) is 22.0 Å². The number of halogens is 3. The van der Waals surface area contributed by atoms with Crippen molar-refractivity contribution in [2.45, 2.75) is 131 Å². The number of phenolic OH excluding ortho intramolecular Hbond substituents is 1. The molecule has 4 unspecified atom stereocenters. The number of aliphatic imine (C=N–C) groups is 1. The molecule has 1 aliphatic rings. The fraction of sp³-hybridized carbons (Fsp3) is 0.434. The number of alkyl halides is 3. The zero-order chi connectivity index (χ0) is 62.6. The zero-order valence-electron chi connectivity index (χ0n) is 46.0. The molecule has 26 nitrogen and oxygen atoms in total. The minimum absolute atomic E-state index is 0.00282. The fourth-order valence-electron chi connectivity index (χ4n) is 8.23. The van der Waals surface area contributed by atoms with Gasteiger partial charge in [0.05, 0.1) is 18.2 Å². The Morgan fingerprint density at radius 2 is 1.35 bits per heavy atom. The van der Waals surface area contributed by atoms with Crippen molar-refractivity contribution in [3.05, 3.63) is 102 Å². The fourth-order valence-corrected chi connectivity index (χ4v) is 11.0. The van der Waals surface area contributed by atoms with E-state index in [0.717, 1.165) is 27.2 Å².